The monoisotopic (exact) mass is 348 g/mol. The predicted octanol–water partition coefficient (Wildman–Crippen LogP) is 5.59. The number of rotatable bonds is 8. The van der Waals surface area contributed by atoms with Gasteiger partial charge in [-0.25, -0.2) is 8.78 Å². The lowest BCUT2D eigenvalue weighted by atomic mass is 9.91. The van der Waals surface area contributed by atoms with Gasteiger partial charge in [0.15, 0.2) is 17.4 Å². The van der Waals surface area contributed by atoms with Gasteiger partial charge in [-0.05, 0) is 49.4 Å². The van der Waals surface area contributed by atoms with E-state index in [1.54, 1.807) is 37.3 Å². The summed E-state index contributed by atoms with van der Waals surface area (Å²) in [6.45, 7) is 3.95. The summed E-state index contributed by atoms with van der Waals surface area (Å²) in [7, 11) is 0. The van der Waals surface area contributed by atoms with Crippen LogP contribution in [0.4, 0.5) is 8.78 Å². The first-order valence-electron chi connectivity index (χ1n) is 8.43. The van der Waals surface area contributed by atoms with Gasteiger partial charge in [-0.15, -0.1) is 0 Å². The highest BCUT2D eigenvalue weighted by atomic mass is 19.1. The maximum Gasteiger partial charge on any atom is 0.305 e. The van der Waals surface area contributed by atoms with E-state index in [1.807, 2.05) is 6.92 Å². The fourth-order valence-electron chi connectivity index (χ4n) is 2.67. The maximum absolute atomic E-state index is 14.8. The second kappa shape index (κ2) is 9.16. The lowest BCUT2D eigenvalue weighted by Crippen LogP contribution is -2.09. The molecule has 134 valence electrons. The molecule has 0 spiro atoms. The zero-order chi connectivity index (χ0) is 18.2. The Hall–Kier alpha value is -2.43. The topological polar surface area (TPSA) is 35.5 Å². The van der Waals surface area contributed by atoms with Crippen molar-refractivity contribution in [1.29, 1.82) is 0 Å². The highest BCUT2D eigenvalue weighted by Gasteiger charge is 2.22. The number of halogens is 2. The molecule has 0 bridgehead atoms. The highest BCUT2D eigenvalue weighted by molar-refractivity contribution is 5.69. The Morgan fingerprint density at radius 3 is 2.44 bits per heavy atom. The largest absolute Gasteiger partial charge is 0.466 e. The molecule has 1 atom stereocenters. The number of hydrogen-bond donors (Lipinski definition) is 0. The van der Waals surface area contributed by atoms with Crippen LogP contribution in [-0.2, 0) is 9.53 Å². The first-order valence-corrected chi connectivity index (χ1v) is 8.43. The van der Waals surface area contributed by atoms with Crippen LogP contribution in [0.15, 0.2) is 42.5 Å². The number of hydrogen-bond acceptors (Lipinski definition) is 3. The second-order valence-corrected chi connectivity index (χ2v) is 5.64. The molecule has 0 radical (unpaired) electrons. The first kappa shape index (κ1) is 18.9. The number of para-hydroxylation sites is 1. The fraction of sp³-hybridized carbons (Fsp3) is 0.350. The zero-order valence-electron chi connectivity index (χ0n) is 14.4. The van der Waals surface area contributed by atoms with Gasteiger partial charge in [-0.1, -0.05) is 31.2 Å². The predicted molar refractivity (Wildman–Crippen MR) is 91.8 cm³/mol. The number of carbonyl (C=O) groups is 1. The average Bonchev–Trinajstić information content (AvgIpc) is 2.61. The van der Waals surface area contributed by atoms with Gasteiger partial charge in [0.1, 0.15) is 5.75 Å². The standard InChI is InChI=1S/C20H22F2O3/c1-3-14(10-13-18(23)24-4-2)16-11-12-17(21)20(19(16)22)25-15-8-6-5-7-9-15/h5-9,11-12,14H,3-4,10,13H2,1-2H3. The van der Waals surface area contributed by atoms with Crippen LogP contribution >= 0.6 is 0 Å². The summed E-state index contributed by atoms with van der Waals surface area (Å²) in [6.07, 6.45) is 1.24. The van der Waals surface area contributed by atoms with E-state index in [0.29, 0.717) is 30.8 Å². The molecule has 2 aromatic carbocycles. The van der Waals surface area contributed by atoms with E-state index < -0.39 is 17.4 Å². The molecule has 0 aliphatic carbocycles. The number of esters is 1. The van der Waals surface area contributed by atoms with Crippen molar-refractivity contribution in [2.75, 3.05) is 6.61 Å². The van der Waals surface area contributed by atoms with Crippen LogP contribution in [0.3, 0.4) is 0 Å². The molecule has 25 heavy (non-hydrogen) atoms. The third kappa shape index (κ3) is 5.02. The quantitative estimate of drug-likeness (QED) is 0.583. The van der Waals surface area contributed by atoms with Gasteiger partial charge in [0.2, 0.25) is 0 Å². The Kier molecular flexibility index (Phi) is 6.92. The maximum atomic E-state index is 14.8. The summed E-state index contributed by atoms with van der Waals surface area (Å²) in [6, 6.07) is 11.1. The fourth-order valence-corrected chi connectivity index (χ4v) is 2.67. The Balaban J connectivity index is 2.22. The minimum Gasteiger partial charge on any atom is -0.466 e. The van der Waals surface area contributed by atoms with E-state index >= 15 is 0 Å². The van der Waals surface area contributed by atoms with Crippen molar-refractivity contribution in [3.63, 3.8) is 0 Å². The van der Waals surface area contributed by atoms with Crippen molar-refractivity contribution >= 4 is 5.97 Å². The zero-order valence-corrected chi connectivity index (χ0v) is 14.4. The van der Waals surface area contributed by atoms with E-state index in [9.17, 15) is 13.6 Å². The third-order valence-electron chi connectivity index (χ3n) is 3.98. The van der Waals surface area contributed by atoms with Crippen molar-refractivity contribution in [1.82, 2.24) is 0 Å². The van der Waals surface area contributed by atoms with Crippen molar-refractivity contribution in [2.24, 2.45) is 0 Å². The van der Waals surface area contributed by atoms with Gasteiger partial charge in [0.25, 0.3) is 0 Å². The Morgan fingerprint density at radius 2 is 1.80 bits per heavy atom. The van der Waals surface area contributed by atoms with Crippen molar-refractivity contribution in [3.8, 4) is 11.5 Å². The molecule has 0 N–H and O–H groups in total. The second-order valence-electron chi connectivity index (χ2n) is 5.64. The summed E-state index contributed by atoms with van der Waals surface area (Å²) in [4.78, 5) is 11.5. The molecule has 0 aliphatic rings. The normalized spacial score (nSPS) is 11.8. The smallest absolute Gasteiger partial charge is 0.305 e. The summed E-state index contributed by atoms with van der Waals surface area (Å²) in [5.74, 6) is -2.08. The van der Waals surface area contributed by atoms with Crippen molar-refractivity contribution < 1.29 is 23.0 Å². The lowest BCUT2D eigenvalue weighted by molar-refractivity contribution is -0.143. The van der Waals surface area contributed by atoms with Gasteiger partial charge in [0.05, 0.1) is 6.61 Å². The van der Waals surface area contributed by atoms with Crippen LogP contribution in [0.25, 0.3) is 0 Å². The van der Waals surface area contributed by atoms with E-state index in [1.165, 1.54) is 12.1 Å². The van der Waals surface area contributed by atoms with Gasteiger partial charge in [-0.3, -0.25) is 4.79 Å². The molecule has 2 rings (SSSR count). The van der Waals surface area contributed by atoms with E-state index in [0.717, 1.165) is 0 Å². The summed E-state index contributed by atoms with van der Waals surface area (Å²) in [5, 5.41) is 0. The lowest BCUT2D eigenvalue weighted by Gasteiger charge is -2.18. The van der Waals surface area contributed by atoms with E-state index in [4.69, 9.17) is 9.47 Å². The van der Waals surface area contributed by atoms with Crippen molar-refractivity contribution in [2.45, 2.75) is 39.0 Å². The molecule has 0 amide bonds. The molecule has 3 nitrogen and oxygen atoms in total. The first-order chi connectivity index (χ1) is 12.1. The molecule has 0 heterocycles. The molecule has 0 aliphatic heterocycles. The molecular weight excluding hydrogens is 326 g/mol. The summed E-state index contributed by atoms with van der Waals surface area (Å²) in [5.41, 5.74) is 0.346. The number of carbonyl (C=O) groups excluding carboxylic acids is 1. The molecule has 0 saturated heterocycles. The number of benzene rings is 2. The van der Waals surface area contributed by atoms with Gasteiger partial charge >= 0.3 is 5.97 Å². The Morgan fingerprint density at radius 1 is 1.08 bits per heavy atom. The van der Waals surface area contributed by atoms with Gasteiger partial charge in [0, 0.05) is 6.42 Å². The summed E-state index contributed by atoms with van der Waals surface area (Å²) >= 11 is 0. The molecule has 0 fully saturated rings. The van der Waals surface area contributed by atoms with E-state index in [-0.39, 0.29) is 18.3 Å². The Labute approximate surface area is 146 Å². The molecule has 2 aromatic rings. The third-order valence-corrected chi connectivity index (χ3v) is 3.98. The number of ether oxygens (including phenoxy) is 2. The Bertz CT molecular complexity index is 702. The molecular formula is C20H22F2O3. The highest BCUT2D eigenvalue weighted by Crippen LogP contribution is 2.35. The van der Waals surface area contributed by atoms with Crippen LogP contribution in [0.5, 0.6) is 11.5 Å². The van der Waals surface area contributed by atoms with Crippen LogP contribution in [0, 0.1) is 11.6 Å². The molecule has 1 unspecified atom stereocenters. The molecule has 0 aromatic heterocycles. The molecule has 0 saturated carbocycles. The average molecular weight is 348 g/mol. The summed E-state index contributed by atoms with van der Waals surface area (Å²) < 4.78 is 39.2. The minimum atomic E-state index is -0.759. The van der Waals surface area contributed by atoms with Crippen LogP contribution in [0.2, 0.25) is 0 Å². The van der Waals surface area contributed by atoms with Crippen LogP contribution in [0.1, 0.15) is 44.6 Å². The van der Waals surface area contributed by atoms with E-state index in [2.05, 4.69) is 0 Å². The van der Waals surface area contributed by atoms with Crippen LogP contribution in [-0.4, -0.2) is 12.6 Å². The van der Waals surface area contributed by atoms with Gasteiger partial charge < -0.3 is 9.47 Å². The van der Waals surface area contributed by atoms with Crippen molar-refractivity contribution in [3.05, 3.63) is 59.7 Å². The SMILES string of the molecule is CCOC(=O)CCC(CC)c1ccc(F)c(Oc2ccccc2)c1F. The van der Waals surface area contributed by atoms with Gasteiger partial charge in [-0.2, -0.15) is 0 Å². The molecule has 5 heteroatoms. The minimum absolute atomic E-state index is 0.192. The van der Waals surface area contributed by atoms with Crippen LogP contribution < -0.4 is 4.74 Å².